The van der Waals surface area contributed by atoms with Crippen molar-refractivity contribution in [3.63, 3.8) is 0 Å². The van der Waals surface area contributed by atoms with E-state index in [0.717, 1.165) is 24.9 Å². The average Bonchev–Trinajstić information content (AvgIpc) is 3.17. The molecule has 0 saturated carbocycles. The number of aryl methyl sites for hydroxylation is 1. The maximum absolute atomic E-state index is 13.5. The molecular formula is C17H20F2N4O. The first-order valence-corrected chi connectivity index (χ1v) is 7.96. The van der Waals surface area contributed by atoms with Crippen LogP contribution in [0.3, 0.4) is 0 Å². The molecule has 0 unspecified atom stereocenters. The molecule has 2 heterocycles. The molecular weight excluding hydrogens is 314 g/mol. The van der Waals surface area contributed by atoms with E-state index in [1.165, 1.54) is 12.1 Å². The number of aromatic nitrogens is 3. The lowest BCUT2D eigenvalue weighted by Gasteiger charge is -2.15. The molecule has 0 bridgehead atoms. The number of halogens is 2. The Morgan fingerprint density at radius 2 is 2.29 bits per heavy atom. The summed E-state index contributed by atoms with van der Waals surface area (Å²) in [5.74, 6) is 0.640. The van der Waals surface area contributed by atoms with Crippen molar-refractivity contribution in [2.75, 3.05) is 19.7 Å². The van der Waals surface area contributed by atoms with E-state index in [4.69, 9.17) is 4.74 Å². The van der Waals surface area contributed by atoms with E-state index in [9.17, 15) is 8.78 Å². The fourth-order valence-corrected chi connectivity index (χ4v) is 2.79. The summed E-state index contributed by atoms with van der Waals surface area (Å²) in [6, 6.07) is 3.55. The van der Waals surface area contributed by atoms with Crippen molar-refractivity contribution in [1.29, 1.82) is 0 Å². The van der Waals surface area contributed by atoms with E-state index in [-0.39, 0.29) is 6.10 Å². The van der Waals surface area contributed by atoms with Gasteiger partial charge in [0.2, 0.25) is 0 Å². The van der Waals surface area contributed by atoms with Gasteiger partial charge in [0.05, 0.1) is 0 Å². The largest absolute Gasteiger partial charge is 0.370 e. The van der Waals surface area contributed by atoms with Crippen LogP contribution in [0.2, 0.25) is 0 Å². The fourth-order valence-electron chi connectivity index (χ4n) is 2.79. The summed E-state index contributed by atoms with van der Waals surface area (Å²) in [7, 11) is 0. The molecule has 128 valence electrons. The molecule has 1 fully saturated rings. The molecule has 3 rings (SSSR count). The van der Waals surface area contributed by atoms with Crippen molar-refractivity contribution in [2.45, 2.75) is 19.4 Å². The fraction of sp³-hybridized carbons (Fsp3) is 0.412. The summed E-state index contributed by atoms with van der Waals surface area (Å²) < 4.78 is 32.1. The predicted octanol–water partition coefficient (Wildman–Crippen LogP) is 2.77. The van der Waals surface area contributed by atoms with Crippen LogP contribution in [0, 0.1) is 24.5 Å². The van der Waals surface area contributed by atoms with Gasteiger partial charge in [-0.25, -0.2) is 13.8 Å². The van der Waals surface area contributed by atoms with Crippen LogP contribution in [0.5, 0.6) is 0 Å². The topological polar surface area (TPSA) is 62.8 Å². The molecule has 2 N–H and O–H groups in total. The third-order valence-electron chi connectivity index (χ3n) is 4.01. The first-order valence-electron chi connectivity index (χ1n) is 7.96. The monoisotopic (exact) mass is 334 g/mol. The minimum Gasteiger partial charge on any atom is -0.370 e. The maximum atomic E-state index is 13.5. The molecule has 2 atom stereocenters. The third-order valence-corrected chi connectivity index (χ3v) is 4.01. The van der Waals surface area contributed by atoms with E-state index in [0.29, 0.717) is 30.5 Å². The van der Waals surface area contributed by atoms with Crippen LogP contribution in [-0.2, 0) is 4.74 Å². The lowest BCUT2D eigenvalue weighted by atomic mass is 10.0. The van der Waals surface area contributed by atoms with Gasteiger partial charge in [-0.1, -0.05) is 12.2 Å². The third kappa shape index (κ3) is 4.04. The molecule has 0 spiro atoms. The Morgan fingerprint density at radius 3 is 3.04 bits per heavy atom. The van der Waals surface area contributed by atoms with Crippen molar-refractivity contribution in [3.05, 3.63) is 53.1 Å². The number of rotatable bonds is 6. The van der Waals surface area contributed by atoms with Crippen molar-refractivity contribution in [2.24, 2.45) is 5.92 Å². The van der Waals surface area contributed by atoms with E-state index < -0.39 is 11.6 Å². The van der Waals surface area contributed by atoms with Crippen LogP contribution in [0.15, 0.2) is 24.3 Å². The number of hydrogen-bond acceptors (Lipinski definition) is 4. The summed E-state index contributed by atoms with van der Waals surface area (Å²) in [4.78, 5) is 4.34. The summed E-state index contributed by atoms with van der Waals surface area (Å²) in [5, 5.41) is 10.3. The number of nitrogens with one attached hydrogen (secondary N) is 2. The SMILES string of the molecule is Cc1nc([C@H]2OCC[C@H]2CNC/C=C/c2ccc(F)cc2F)n[nH]1. The van der Waals surface area contributed by atoms with Crippen molar-refractivity contribution < 1.29 is 13.5 Å². The van der Waals surface area contributed by atoms with Crippen molar-refractivity contribution in [3.8, 4) is 0 Å². The number of nitrogens with zero attached hydrogens (tertiary/aromatic N) is 2. The lowest BCUT2D eigenvalue weighted by Crippen LogP contribution is -2.25. The van der Waals surface area contributed by atoms with Crippen molar-refractivity contribution in [1.82, 2.24) is 20.5 Å². The zero-order valence-corrected chi connectivity index (χ0v) is 13.4. The summed E-state index contributed by atoms with van der Waals surface area (Å²) in [5.41, 5.74) is 0.372. The Morgan fingerprint density at radius 1 is 1.42 bits per heavy atom. The van der Waals surface area contributed by atoms with Crippen LogP contribution in [0.25, 0.3) is 6.08 Å². The van der Waals surface area contributed by atoms with Gasteiger partial charge < -0.3 is 10.1 Å². The molecule has 7 heteroatoms. The molecule has 0 aliphatic carbocycles. The quantitative estimate of drug-likeness (QED) is 0.798. The normalized spacial score (nSPS) is 21.0. The summed E-state index contributed by atoms with van der Waals surface area (Å²) in [6.45, 7) is 3.90. The van der Waals surface area contributed by atoms with E-state index in [1.807, 2.05) is 13.0 Å². The molecule has 0 amide bonds. The first-order chi connectivity index (χ1) is 11.6. The van der Waals surface area contributed by atoms with Crippen LogP contribution in [-0.4, -0.2) is 34.9 Å². The van der Waals surface area contributed by atoms with Crippen LogP contribution in [0.1, 0.15) is 29.7 Å². The zero-order valence-electron chi connectivity index (χ0n) is 13.4. The van der Waals surface area contributed by atoms with Crippen LogP contribution >= 0.6 is 0 Å². The van der Waals surface area contributed by atoms with Crippen LogP contribution < -0.4 is 5.32 Å². The summed E-state index contributed by atoms with van der Waals surface area (Å²) in [6.07, 6.45) is 4.31. The zero-order chi connectivity index (χ0) is 16.9. The van der Waals surface area contributed by atoms with Gasteiger partial charge in [-0.15, -0.1) is 0 Å². The molecule has 24 heavy (non-hydrogen) atoms. The van der Waals surface area contributed by atoms with E-state index in [2.05, 4.69) is 20.5 Å². The number of H-pyrrole nitrogens is 1. The smallest absolute Gasteiger partial charge is 0.179 e. The van der Waals surface area contributed by atoms with Gasteiger partial charge >= 0.3 is 0 Å². The second-order valence-corrected chi connectivity index (χ2v) is 5.85. The highest BCUT2D eigenvalue weighted by molar-refractivity contribution is 5.49. The van der Waals surface area contributed by atoms with Gasteiger partial charge in [0, 0.05) is 37.2 Å². The number of benzene rings is 1. The molecule has 2 aromatic rings. The van der Waals surface area contributed by atoms with Crippen LogP contribution in [0.4, 0.5) is 8.78 Å². The minimum absolute atomic E-state index is 0.0963. The molecule has 1 aliphatic rings. The van der Waals surface area contributed by atoms with Gasteiger partial charge in [-0.05, 0) is 25.5 Å². The first kappa shape index (κ1) is 16.7. The van der Waals surface area contributed by atoms with Gasteiger partial charge in [0.25, 0.3) is 0 Å². The molecule has 1 aromatic heterocycles. The Kier molecular flexibility index (Phi) is 5.32. The minimum atomic E-state index is -0.572. The molecule has 1 aliphatic heterocycles. The second-order valence-electron chi connectivity index (χ2n) is 5.85. The summed E-state index contributed by atoms with van der Waals surface area (Å²) >= 11 is 0. The highest BCUT2D eigenvalue weighted by Gasteiger charge is 2.32. The highest BCUT2D eigenvalue weighted by Crippen LogP contribution is 2.31. The van der Waals surface area contributed by atoms with Gasteiger partial charge in [-0.2, -0.15) is 5.10 Å². The van der Waals surface area contributed by atoms with Gasteiger partial charge in [-0.3, -0.25) is 5.10 Å². The maximum Gasteiger partial charge on any atom is 0.179 e. The lowest BCUT2D eigenvalue weighted by molar-refractivity contribution is 0.0838. The Bertz CT molecular complexity index is 716. The molecule has 1 aromatic carbocycles. The van der Waals surface area contributed by atoms with Crippen molar-refractivity contribution >= 4 is 6.08 Å². The van der Waals surface area contributed by atoms with E-state index in [1.54, 1.807) is 6.08 Å². The Balaban J connectivity index is 1.48. The molecule has 5 nitrogen and oxygen atoms in total. The Labute approximate surface area is 139 Å². The van der Waals surface area contributed by atoms with Gasteiger partial charge in [0.15, 0.2) is 5.82 Å². The van der Waals surface area contributed by atoms with Gasteiger partial charge in [0.1, 0.15) is 23.6 Å². The molecule has 1 saturated heterocycles. The molecule has 0 radical (unpaired) electrons. The Hall–Kier alpha value is -2.12. The number of aromatic amines is 1. The number of ether oxygens (including phenoxy) is 1. The average molecular weight is 334 g/mol. The number of hydrogen-bond donors (Lipinski definition) is 2. The standard InChI is InChI=1S/C17H20F2N4O/c1-11-21-17(23-22-11)16-13(6-8-24-16)10-20-7-2-3-12-4-5-14(18)9-15(12)19/h2-5,9,13,16,20H,6-8,10H2,1H3,(H,21,22,23)/b3-2+/t13-,16-/m0/s1. The predicted molar refractivity (Wildman–Crippen MR) is 86.2 cm³/mol. The highest BCUT2D eigenvalue weighted by atomic mass is 19.1. The second kappa shape index (κ2) is 7.63. The van der Waals surface area contributed by atoms with E-state index >= 15 is 0 Å².